The Kier molecular flexibility index (Phi) is 7.95. The molecule has 6 heteroatoms. The van der Waals surface area contributed by atoms with Gasteiger partial charge in [0.25, 0.3) is 0 Å². The summed E-state index contributed by atoms with van der Waals surface area (Å²) < 4.78 is 11.1. The van der Waals surface area contributed by atoms with Gasteiger partial charge in [-0.3, -0.25) is 0 Å². The number of nitrogens with one attached hydrogen (secondary N) is 1. The predicted octanol–water partition coefficient (Wildman–Crippen LogP) is 5.24. The first-order valence-electron chi connectivity index (χ1n) is 13.3. The van der Waals surface area contributed by atoms with Crippen molar-refractivity contribution in [1.82, 2.24) is 15.1 Å². The second kappa shape index (κ2) is 11.7. The molecule has 2 aliphatic rings. The lowest BCUT2D eigenvalue weighted by Gasteiger charge is -2.38. The summed E-state index contributed by atoms with van der Waals surface area (Å²) in [4.78, 5) is 17.9. The molecule has 0 aliphatic carbocycles. The van der Waals surface area contributed by atoms with Crippen LogP contribution in [0.25, 0.3) is 0 Å². The highest BCUT2D eigenvalue weighted by Gasteiger charge is 2.33. The number of nitrogens with zero attached hydrogens (tertiary/aromatic N) is 2. The average molecular weight is 500 g/mol. The first-order valence-corrected chi connectivity index (χ1v) is 13.3. The molecule has 2 heterocycles. The Morgan fingerprint density at radius 1 is 0.865 bits per heavy atom. The molecule has 194 valence electrons. The average Bonchev–Trinajstić information content (AvgIpc) is 2.97. The number of carbonyl (C=O) groups excluding carboxylic acids is 1. The number of urea groups is 1. The topological polar surface area (TPSA) is 54.0 Å². The number of likely N-dealkylation sites (tertiary alicyclic amines) is 1. The van der Waals surface area contributed by atoms with Gasteiger partial charge in [0.05, 0.1) is 20.3 Å². The number of ether oxygens (including phenoxy) is 2. The Balaban J connectivity index is 1.24. The van der Waals surface area contributed by atoms with Crippen molar-refractivity contribution >= 4 is 6.03 Å². The van der Waals surface area contributed by atoms with Crippen LogP contribution in [0.2, 0.25) is 0 Å². The Morgan fingerprint density at radius 3 is 2.14 bits per heavy atom. The Bertz CT molecular complexity index is 1180. The second-order valence-electron chi connectivity index (χ2n) is 9.92. The Labute approximate surface area is 220 Å². The van der Waals surface area contributed by atoms with E-state index in [1.54, 1.807) is 14.2 Å². The van der Waals surface area contributed by atoms with Gasteiger partial charge in [-0.1, -0.05) is 60.7 Å². The van der Waals surface area contributed by atoms with Gasteiger partial charge in [-0.05, 0) is 72.7 Å². The fourth-order valence-corrected chi connectivity index (χ4v) is 5.80. The summed E-state index contributed by atoms with van der Waals surface area (Å²) in [7, 11) is 3.31. The number of benzene rings is 3. The summed E-state index contributed by atoms with van der Waals surface area (Å²) in [5.74, 6) is 2.05. The van der Waals surface area contributed by atoms with Gasteiger partial charge in [0, 0.05) is 19.6 Å². The van der Waals surface area contributed by atoms with E-state index >= 15 is 0 Å². The third kappa shape index (κ3) is 5.59. The molecule has 1 saturated heterocycles. The SMILES string of the molecule is COc1cc2c(cc1OC)C(c1ccccc1)N(C(=O)NCCN1CCC(c3ccccc3)CC1)CC2. The fraction of sp³-hybridized carbons (Fsp3) is 0.387. The fourth-order valence-electron chi connectivity index (χ4n) is 5.80. The molecule has 1 atom stereocenters. The molecule has 2 amide bonds. The third-order valence-electron chi connectivity index (χ3n) is 7.81. The van der Waals surface area contributed by atoms with Crippen LogP contribution in [0, 0.1) is 0 Å². The van der Waals surface area contributed by atoms with E-state index in [-0.39, 0.29) is 12.1 Å². The highest BCUT2D eigenvalue weighted by Crippen LogP contribution is 2.41. The van der Waals surface area contributed by atoms with Crippen molar-refractivity contribution in [2.24, 2.45) is 0 Å². The molecular weight excluding hydrogens is 462 g/mol. The van der Waals surface area contributed by atoms with Gasteiger partial charge in [0.2, 0.25) is 0 Å². The number of amides is 2. The lowest BCUT2D eigenvalue weighted by molar-refractivity contribution is 0.174. The van der Waals surface area contributed by atoms with Crippen molar-refractivity contribution in [2.45, 2.75) is 31.2 Å². The van der Waals surface area contributed by atoms with Gasteiger partial charge in [-0.25, -0.2) is 4.79 Å². The van der Waals surface area contributed by atoms with E-state index < -0.39 is 0 Å². The van der Waals surface area contributed by atoms with Crippen LogP contribution in [-0.4, -0.2) is 62.8 Å². The van der Waals surface area contributed by atoms with E-state index in [2.05, 4.69) is 58.7 Å². The van der Waals surface area contributed by atoms with E-state index in [4.69, 9.17) is 9.47 Å². The maximum atomic E-state index is 13.5. The largest absolute Gasteiger partial charge is 0.493 e. The van der Waals surface area contributed by atoms with Gasteiger partial charge >= 0.3 is 6.03 Å². The van der Waals surface area contributed by atoms with Crippen LogP contribution in [0.4, 0.5) is 4.79 Å². The quantitative estimate of drug-likeness (QED) is 0.483. The highest BCUT2D eigenvalue weighted by molar-refractivity contribution is 5.76. The predicted molar refractivity (Wildman–Crippen MR) is 146 cm³/mol. The van der Waals surface area contributed by atoms with Gasteiger partial charge in [0.15, 0.2) is 11.5 Å². The van der Waals surface area contributed by atoms with E-state index in [0.717, 1.165) is 42.9 Å². The minimum Gasteiger partial charge on any atom is -0.493 e. The molecule has 0 aromatic heterocycles. The lowest BCUT2D eigenvalue weighted by atomic mass is 9.88. The molecule has 5 rings (SSSR count). The Hall–Kier alpha value is -3.51. The molecule has 1 fully saturated rings. The summed E-state index contributed by atoms with van der Waals surface area (Å²) in [6, 6.07) is 25.0. The highest BCUT2D eigenvalue weighted by atomic mass is 16.5. The number of rotatable bonds is 7. The van der Waals surface area contributed by atoms with Crippen LogP contribution < -0.4 is 14.8 Å². The molecule has 0 radical (unpaired) electrons. The molecular formula is C31H37N3O3. The van der Waals surface area contributed by atoms with E-state index in [1.807, 2.05) is 29.2 Å². The molecule has 1 N–H and O–H groups in total. The van der Waals surface area contributed by atoms with Crippen LogP contribution >= 0.6 is 0 Å². The molecule has 3 aromatic rings. The first-order chi connectivity index (χ1) is 18.2. The molecule has 37 heavy (non-hydrogen) atoms. The summed E-state index contributed by atoms with van der Waals surface area (Å²) in [6.45, 7) is 4.31. The second-order valence-corrected chi connectivity index (χ2v) is 9.92. The molecule has 0 spiro atoms. The van der Waals surface area contributed by atoms with Crippen LogP contribution in [0.5, 0.6) is 11.5 Å². The van der Waals surface area contributed by atoms with Gasteiger partial charge < -0.3 is 24.6 Å². The zero-order valence-corrected chi connectivity index (χ0v) is 21.9. The molecule has 3 aromatic carbocycles. The number of carbonyl (C=O) groups is 1. The van der Waals surface area contributed by atoms with E-state index in [0.29, 0.717) is 24.8 Å². The number of methoxy groups -OCH3 is 2. The van der Waals surface area contributed by atoms with Crippen molar-refractivity contribution in [2.75, 3.05) is 46.9 Å². The minimum atomic E-state index is -0.175. The van der Waals surface area contributed by atoms with Crippen molar-refractivity contribution in [3.8, 4) is 11.5 Å². The molecule has 0 saturated carbocycles. The van der Waals surface area contributed by atoms with Crippen LogP contribution in [0.15, 0.2) is 72.8 Å². The number of piperidine rings is 1. The van der Waals surface area contributed by atoms with Gasteiger partial charge in [-0.15, -0.1) is 0 Å². The standard InChI is InChI=1S/C31H37N3O3/c1-36-28-21-26-15-19-34(30(25-11-7-4-8-12-25)27(26)22-29(28)37-2)31(35)32-16-20-33-17-13-24(14-18-33)23-9-5-3-6-10-23/h3-12,21-22,24,30H,13-20H2,1-2H3,(H,32,35). The van der Waals surface area contributed by atoms with Crippen molar-refractivity contribution < 1.29 is 14.3 Å². The number of fused-ring (bicyclic) bond motifs is 1. The normalized spacial score (nSPS) is 18.2. The zero-order chi connectivity index (χ0) is 25.6. The summed E-state index contributed by atoms with van der Waals surface area (Å²) in [6.07, 6.45) is 3.12. The van der Waals surface area contributed by atoms with E-state index in [9.17, 15) is 4.79 Å². The van der Waals surface area contributed by atoms with Crippen LogP contribution in [0.3, 0.4) is 0 Å². The maximum Gasteiger partial charge on any atom is 0.318 e. The summed E-state index contributed by atoms with van der Waals surface area (Å²) in [5.41, 5.74) is 4.82. The summed E-state index contributed by atoms with van der Waals surface area (Å²) >= 11 is 0. The zero-order valence-electron chi connectivity index (χ0n) is 21.9. The molecule has 6 nitrogen and oxygen atoms in total. The maximum absolute atomic E-state index is 13.5. The number of hydrogen-bond acceptors (Lipinski definition) is 4. The smallest absolute Gasteiger partial charge is 0.318 e. The lowest BCUT2D eigenvalue weighted by Crippen LogP contribution is -2.48. The van der Waals surface area contributed by atoms with Crippen LogP contribution in [-0.2, 0) is 6.42 Å². The summed E-state index contributed by atoms with van der Waals surface area (Å²) in [5, 5.41) is 3.21. The molecule has 0 bridgehead atoms. The molecule has 2 aliphatic heterocycles. The van der Waals surface area contributed by atoms with Gasteiger partial charge in [0.1, 0.15) is 0 Å². The van der Waals surface area contributed by atoms with Crippen molar-refractivity contribution in [1.29, 1.82) is 0 Å². The minimum absolute atomic E-state index is 0.0199. The monoisotopic (exact) mass is 499 g/mol. The first kappa shape index (κ1) is 25.2. The van der Waals surface area contributed by atoms with Crippen molar-refractivity contribution in [3.63, 3.8) is 0 Å². The Morgan fingerprint density at radius 2 is 1.49 bits per heavy atom. The van der Waals surface area contributed by atoms with Crippen LogP contribution in [0.1, 0.15) is 47.1 Å². The molecule has 1 unspecified atom stereocenters. The van der Waals surface area contributed by atoms with Gasteiger partial charge in [-0.2, -0.15) is 0 Å². The third-order valence-corrected chi connectivity index (χ3v) is 7.81. The van der Waals surface area contributed by atoms with E-state index in [1.165, 1.54) is 24.0 Å². The number of hydrogen-bond donors (Lipinski definition) is 1. The van der Waals surface area contributed by atoms with Crippen molar-refractivity contribution in [3.05, 3.63) is 95.1 Å².